The highest BCUT2D eigenvalue weighted by Gasteiger charge is 1.95. The first-order chi connectivity index (χ1) is 4.66. The van der Waals surface area contributed by atoms with Gasteiger partial charge in [-0.25, -0.2) is 5.01 Å². The molecule has 0 amide bonds. The van der Waals surface area contributed by atoms with Crippen molar-refractivity contribution in [3.8, 4) is 0 Å². The molecule has 0 spiro atoms. The molecule has 0 heterocycles. The van der Waals surface area contributed by atoms with E-state index in [2.05, 4.69) is 12.5 Å². The Balaban J connectivity index is 3.16. The number of nitrogens with two attached hydrogens (primary N) is 1. The normalized spacial score (nSPS) is 11.4. The van der Waals surface area contributed by atoms with E-state index in [1.807, 2.05) is 19.1 Å². The molecular formula is C6H18N4. The molecule has 0 radical (unpaired) electrons. The van der Waals surface area contributed by atoms with Gasteiger partial charge in [0.25, 0.3) is 0 Å². The predicted molar refractivity (Wildman–Crippen MR) is 42.6 cm³/mol. The molecule has 0 aromatic carbocycles. The summed E-state index contributed by atoms with van der Waals surface area (Å²) in [5.74, 6) is 5.54. The van der Waals surface area contributed by atoms with Gasteiger partial charge in [0.2, 0.25) is 0 Å². The van der Waals surface area contributed by atoms with E-state index in [0.29, 0.717) is 0 Å². The largest absolute Gasteiger partial charge is 0.254 e. The third-order valence-electron chi connectivity index (χ3n) is 1.08. The summed E-state index contributed by atoms with van der Waals surface area (Å²) in [6.45, 7) is 3.03. The molecule has 0 rings (SSSR count). The van der Waals surface area contributed by atoms with Crippen molar-refractivity contribution >= 4 is 0 Å². The molecule has 0 aliphatic heterocycles. The third-order valence-corrected chi connectivity index (χ3v) is 1.08. The number of rotatable bonds is 5. The van der Waals surface area contributed by atoms with Crippen LogP contribution in [0.1, 0.15) is 19.8 Å². The lowest BCUT2D eigenvalue weighted by Gasteiger charge is -2.21. The first-order valence-corrected chi connectivity index (χ1v) is 3.62. The number of hydrogen-bond donors (Lipinski definition) is 2. The molecule has 0 fully saturated rings. The lowest BCUT2D eigenvalue weighted by Crippen LogP contribution is -2.50. The summed E-state index contributed by atoms with van der Waals surface area (Å²) in [6.07, 6.45) is 2.29. The fourth-order valence-corrected chi connectivity index (χ4v) is 0.635. The maximum Gasteiger partial charge on any atom is 0.0299 e. The van der Waals surface area contributed by atoms with Crippen molar-refractivity contribution < 1.29 is 0 Å². The Kier molecular flexibility index (Phi) is 5.52. The zero-order valence-electron chi connectivity index (χ0n) is 7.09. The third kappa shape index (κ3) is 5.97. The second-order valence-corrected chi connectivity index (χ2v) is 2.54. The zero-order valence-corrected chi connectivity index (χ0v) is 7.09. The van der Waals surface area contributed by atoms with Gasteiger partial charge >= 0.3 is 0 Å². The monoisotopic (exact) mass is 146 g/mol. The van der Waals surface area contributed by atoms with E-state index in [0.717, 1.165) is 13.0 Å². The van der Waals surface area contributed by atoms with Crippen LogP contribution in [0.15, 0.2) is 0 Å². The second-order valence-electron chi connectivity index (χ2n) is 2.54. The Morgan fingerprint density at radius 2 is 2.00 bits per heavy atom. The van der Waals surface area contributed by atoms with E-state index in [1.54, 1.807) is 5.12 Å². The van der Waals surface area contributed by atoms with Gasteiger partial charge in [-0.1, -0.05) is 13.3 Å². The molecule has 0 bridgehead atoms. The van der Waals surface area contributed by atoms with Crippen LogP contribution in [0.2, 0.25) is 0 Å². The van der Waals surface area contributed by atoms with Crippen molar-refractivity contribution in [2.75, 3.05) is 20.6 Å². The number of nitrogens with zero attached hydrogens (tertiary/aromatic N) is 2. The Bertz CT molecular complexity index is 74.1. The lowest BCUT2D eigenvalue weighted by molar-refractivity contribution is 0.0596. The molecule has 0 atom stereocenters. The van der Waals surface area contributed by atoms with Gasteiger partial charge in [0.05, 0.1) is 0 Å². The van der Waals surface area contributed by atoms with Gasteiger partial charge in [-0.2, -0.15) is 10.7 Å². The predicted octanol–water partition coefficient (Wildman–Crippen LogP) is -0.0566. The van der Waals surface area contributed by atoms with E-state index in [1.165, 1.54) is 6.42 Å². The zero-order chi connectivity index (χ0) is 7.98. The minimum absolute atomic E-state index is 0.884. The van der Waals surface area contributed by atoms with Crippen LogP contribution < -0.4 is 11.4 Å². The first kappa shape index (κ1) is 9.84. The maximum absolute atomic E-state index is 5.54. The van der Waals surface area contributed by atoms with Crippen LogP contribution in [0.5, 0.6) is 0 Å². The molecule has 0 saturated carbocycles. The number of hydrogen-bond acceptors (Lipinski definition) is 4. The van der Waals surface area contributed by atoms with Gasteiger partial charge in [-0.05, 0) is 6.42 Å². The van der Waals surface area contributed by atoms with Gasteiger partial charge in [0.1, 0.15) is 0 Å². The highest BCUT2D eigenvalue weighted by molar-refractivity contribution is 4.38. The summed E-state index contributed by atoms with van der Waals surface area (Å²) in [4.78, 5) is 0. The van der Waals surface area contributed by atoms with Crippen molar-refractivity contribution in [1.29, 1.82) is 0 Å². The molecule has 62 valence electrons. The first-order valence-electron chi connectivity index (χ1n) is 3.62. The summed E-state index contributed by atoms with van der Waals surface area (Å²) in [5.41, 5.74) is 2.92. The minimum atomic E-state index is 0.884. The van der Waals surface area contributed by atoms with Gasteiger partial charge < -0.3 is 0 Å². The Morgan fingerprint density at radius 3 is 2.40 bits per heavy atom. The van der Waals surface area contributed by atoms with E-state index in [-0.39, 0.29) is 0 Å². The average Bonchev–Trinajstić information content (AvgIpc) is 1.82. The molecular weight excluding hydrogens is 128 g/mol. The van der Waals surface area contributed by atoms with Crippen molar-refractivity contribution in [2.24, 2.45) is 5.84 Å². The summed E-state index contributed by atoms with van der Waals surface area (Å²) < 4.78 is 0. The molecule has 10 heavy (non-hydrogen) atoms. The van der Waals surface area contributed by atoms with E-state index >= 15 is 0 Å². The molecule has 0 saturated heterocycles. The number of nitrogens with one attached hydrogen (secondary N) is 1. The van der Waals surface area contributed by atoms with Crippen LogP contribution in [0.4, 0.5) is 0 Å². The lowest BCUT2D eigenvalue weighted by atomic mass is 10.3. The van der Waals surface area contributed by atoms with Gasteiger partial charge in [-0.15, -0.1) is 0 Å². The summed E-state index contributed by atoms with van der Waals surface area (Å²) in [7, 11) is 3.82. The van der Waals surface area contributed by atoms with Crippen molar-refractivity contribution in [3.63, 3.8) is 0 Å². The standard InChI is InChI=1S/C6H18N4/c1-4-5-6-10(7)8-9(2)3/h8H,4-7H2,1-3H3. The van der Waals surface area contributed by atoms with E-state index in [9.17, 15) is 0 Å². The highest BCUT2D eigenvalue weighted by atomic mass is 15.8. The summed E-state index contributed by atoms with van der Waals surface area (Å²) in [5, 5.41) is 3.40. The Morgan fingerprint density at radius 1 is 1.40 bits per heavy atom. The van der Waals surface area contributed by atoms with Crippen LogP contribution in [0, 0.1) is 0 Å². The molecule has 3 N–H and O–H groups in total. The van der Waals surface area contributed by atoms with Gasteiger partial charge in [-0.3, -0.25) is 5.84 Å². The summed E-state index contributed by atoms with van der Waals surface area (Å²) in [6, 6.07) is 0. The van der Waals surface area contributed by atoms with Gasteiger partial charge in [0.15, 0.2) is 0 Å². The second kappa shape index (κ2) is 5.61. The van der Waals surface area contributed by atoms with Gasteiger partial charge in [0, 0.05) is 20.6 Å². The van der Waals surface area contributed by atoms with Crippen LogP contribution >= 0.6 is 0 Å². The molecule has 0 aliphatic carbocycles. The van der Waals surface area contributed by atoms with Crippen LogP contribution in [0.3, 0.4) is 0 Å². The van der Waals surface area contributed by atoms with Crippen LogP contribution in [0.25, 0.3) is 0 Å². The molecule has 0 aliphatic rings. The molecule has 0 aromatic heterocycles. The fraction of sp³-hybridized carbons (Fsp3) is 1.00. The maximum atomic E-state index is 5.54. The SMILES string of the molecule is CCCCN(N)NN(C)C. The summed E-state index contributed by atoms with van der Waals surface area (Å²) >= 11 is 0. The van der Waals surface area contributed by atoms with Crippen molar-refractivity contribution in [1.82, 2.24) is 15.7 Å². The Labute approximate surface area is 62.9 Å². The fourth-order valence-electron chi connectivity index (χ4n) is 0.635. The van der Waals surface area contributed by atoms with Crippen molar-refractivity contribution in [2.45, 2.75) is 19.8 Å². The highest BCUT2D eigenvalue weighted by Crippen LogP contribution is 1.85. The Hall–Kier alpha value is -0.160. The van der Waals surface area contributed by atoms with E-state index < -0.39 is 0 Å². The van der Waals surface area contributed by atoms with E-state index in [4.69, 9.17) is 5.84 Å². The van der Waals surface area contributed by atoms with Crippen molar-refractivity contribution in [3.05, 3.63) is 0 Å². The quantitative estimate of drug-likeness (QED) is 0.421. The topological polar surface area (TPSA) is 44.5 Å². The molecule has 0 unspecified atom stereocenters. The average molecular weight is 146 g/mol. The minimum Gasteiger partial charge on any atom is -0.254 e. The smallest absolute Gasteiger partial charge is 0.0299 e. The molecule has 4 nitrogen and oxygen atoms in total. The number of hydrazine groups is 3. The number of unbranched alkanes of at least 4 members (excludes halogenated alkanes) is 1. The molecule has 4 heteroatoms. The van der Waals surface area contributed by atoms with Crippen LogP contribution in [-0.4, -0.2) is 30.8 Å². The molecule has 0 aromatic rings. The van der Waals surface area contributed by atoms with Crippen LogP contribution in [-0.2, 0) is 0 Å².